The van der Waals surface area contributed by atoms with Crippen LogP contribution in [0.15, 0.2) is 103 Å². The molecule has 0 aliphatic heterocycles. The van der Waals surface area contributed by atoms with Crippen molar-refractivity contribution in [2.75, 3.05) is 21.3 Å². The lowest BCUT2D eigenvalue weighted by atomic mass is 10.1. The molecule has 4 amide bonds. The molecule has 4 aromatic carbocycles. The van der Waals surface area contributed by atoms with E-state index in [1.165, 1.54) is 0 Å². The van der Waals surface area contributed by atoms with E-state index >= 15 is 0 Å². The summed E-state index contributed by atoms with van der Waals surface area (Å²) < 4.78 is 0. The normalized spacial score (nSPS) is 10.2. The Morgan fingerprint density at radius 1 is 0.514 bits per heavy atom. The first kappa shape index (κ1) is 23.3. The van der Waals surface area contributed by atoms with E-state index in [0.717, 1.165) is 5.56 Å². The van der Waals surface area contributed by atoms with Crippen LogP contribution in [0.25, 0.3) is 0 Å². The third kappa shape index (κ3) is 6.33. The fourth-order valence-corrected chi connectivity index (χ4v) is 3.37. The quantitative estimate of drug-likeness (QED) is 0.276. The fraction of sp³-hybridized carbons (Fsp3) is 0.0357. The van der Waals surface area contributed by atoms with Crippen LogP contribution in [0.2, 0.25) is 0 Å². The second-order valence-electron chi connectivity index (χ2n) is 7.83. The summed E-state index contributed by atoms with van der Waals surface area (Å²) in [6.07, 6.45) is 0. The summed E-state index contributed by atoms with van der Waals surface area (Å²) in [6, 6.07) is 29.5. The second-order valence-corrected chi connectivity index (χ2v) is 7.83. The minimum atomic E-state index is -0.392. The first-order valence-corrected chi connectivity index (χ1v) is 11.0. The molecule has 0 spiro atoms. The van der Waals surface area contributed by atoms with Gasteiger partial charge in [-0.15, -0.1) is 0 Å². The van der Waals surface area contributed by atoms with Crippen molar-refractivity contribution in [3.8, 4) is 0 Å². The number of carbonyl (C=O) groups is 3. The molecule has 0 atom stereocenters. The number of para-hydroxylation sites is 1. The predicted molar refractivity (Wildman–Crippen MR) is 139 cm³/mol. The van der Waals surface area contributed by atoms with Crippen molar-refractivity contribution in [2.24, 2.45) is 0 Å². The summed E-state index contributed by atoms with van der Waals surface area (Å²) in [5.74, 6) is -0.593. The van der Waals surface area contributed by atoms with Gasteiger partial charge < -0.3 is 21.3 Å². The summed E-state index contributed by atoms with van der Waals surface area (Å²) in [5, 5.41) is 11.2. The van der Waals surface area contributed by atoms with Crippen LogP contribution >= 0.6 is 0 Å². The van der Waals surface area contributed by atoms with Crippen LogP contribution in [0.5, 0.6) is 0 Å². The van der Waals surface area contributed by atoms with Crippen molar-refractivity contribution in [3.05, 3.63) is 120 Å². The number of aryl methyl sites for hydroxylation is 1. The van der Waals surface area contributed by atoms with E-state index in [-0.39, 0.29) is 11.8 Å². The van der Waals surface area contributed by atoms with Gasteiger partial charge >= 0.3 is 6.03 Å². The number of anilines is 4. The van der Waals surface area contributed by atoms with E-state index in [1.807, 2.05) is 31.2 Å². The van der Waals surface area contributed by atoms with Crippen LogP contribution in [-0.2, 0) is 0 Å². The van der Waals surface area contributed by atoms with E-state index in [1.54, 1.807) is 78.9 Å². The number of hydrogen-bond acceptors (Lipinski definition) is 3. The van der Waals surface area contributed by atoms with Gasteiger partial charge in [-0.2, -0.15) is 0 Å². The molecule has 0 fully saturated rings. The molecule has 7 nitrogen and oxygen atoms in total. The van der Waals surface area contributed by atoms with Crippen LogP contribution in [0.3, 0.4) is 0 Å². The Hall–Kier alpha value is -4.91. The minimum absolute atomic E-state index is 0.251. The molecule has 4 rings (SSSR count). The van der Waals surface area contributed by atoms with Crippen LogP contribution in [-0.4, -0.2) is 17.8 Å². The Labute approximate surface area is 203 Å². The van der Waals surface area contributed by atoms with Gasteiger partial charge in [-0.25, -0.2) is 4.79 Å². The van der Waals surface area contributed by atoms with Crippen molar-refractivity contribution >= 4 is 40.6 Å². The highest BCUT2D eigenvalue weighted by Crippen LogP contribution is 2.21. The highest BCUT2D eigenvalue weighted by Gasteiger charge is 2.12. The Bertz CT molecular complexity index is 1360. The second kappa shape index (κ2) is 10.8. The highest BCUT2D eigenvalue weighted by molar-refractivity contribution is 6.08. The topological polar surface area (TPSA) is 99.3 Å². The molecule has 0 saturated carbocycles. The van der Waals surface area contributed by atoms with Crippen LogP contribution in [0, 0.1) is 6.92 Å². The lowest BCUT2D eigenvalue weighted by molar-refractivity contribution is 0.101. The van der Waals surface area contributed by atoms with Gasteiger partial charge in [-0.1, -0.05) is 48.5 Å². The van der Waals surface area contributed by atoms with Gasteiger partial charge in [0.05, 0.1) is 0 Å². The van der Waals surface area contributed by atoms with Crippen molar-refractivity contribution in [1.29, 1.82) is 0 Å². The molecular formula is C28H24N4O3. The number of urea groups is 1. The van der Waals surface area contributed by atoms with Crippen LogP contribution in [0.4, 0.5) is 27.5 Å². The number of carbonyl (C=O) groups excluding carboxylic acids is 3. The van der Waals surface area contributed by atoms with Gasteiger partial charge in [-0.05, 0) is 67.1 Å². The average Bonchev–Trinajstić information content (AvgIpc) is 2.86. The molecule has 0 aliphatic rings. The van der Waals surface area contributed by atoms with Gasteiger partial charge in [0.15, 0.2) is 0 Å². The molecule has 35 heavy (non-hydrogen) atoms. The summed E-state index contributed by atoms with van der Waals surface area (Å²) >= 11 is 0. The van der Waals surface area contributed by atoms with Crippen molar-refractivity contribution in [1.82, 2.24) is 0 Å². The van der Waals surface area contributed by atoms with Crippen molar-refractivity contribution in [2.45, 2.75) is 6.92 Å². The summed E-state index contributed by atoms with van der Waals surface area (Å²) in [7, 11) is 0. The summed E-state index contributed by atoms with van der Waals surface area (Å²) in [6.45, 7) is 1.86. The molecule has 4 aromatic rings. The lowest BCUT2D eigenvalue weighted by Gasteiger charge is -2.12. The van der Waals surface area contributed by atoms with Crippen LogP contribution < -0.4 is 21.3 Å². The zero-order valence-corrected chi connectivity index (χ0v) is 19.0. The van der Waals surface area contributed by atoms with E-state index in [9.17, 15) is 14.4 Å². The first-order chi connectivity index (χ1) is 17.0. The fourth-order valence-electron chi connectivity index (χ4n) is 3.37. The van der Waals surface area contributed by atoms with Crippen LogP contribution in [0.1, 0.15) is 26.3 Å². The molecule has 0 bridgehead atoms. The van der Waals surface area contributed by atoms with E-state index < -0.39 is 6.03 Å². The molecule has 7 heteroatoms. The van der Waals surface area contributed by atoms with E-state index in [4.69, 9.17) is 0 Å². The number of amides is 4. The van der Waals surface area contributed by atoms with E-state index in [2.05, 4.69) is 21.3 Å². The molecule has 0 radical (unpaired) electrons. The monoisotopic (exact) mass is 464 g/mol. The zero-order valence-electron chi connectivity index (χ0n) is 19.0. The standard InChI is InChI=1S/C28H24N4O3/c1-19-15-16-21(17-25(19)32-26(33)20-9-4-2-5-10-20)27(34)29-23-13-8-14-24(18-23)31-28(35)30-22-11-6-3-7-12-22/h2-18H,1H3,(H,29,34)(H,32,33)(H2,30,31,35). The van der Waals surface area contributed by atoms with Crippen molar-refractivity contribution < 1.29 is 14.4 Å². The molecule has 174 valence electrons. The van der Waals surface area contributed by atoms with Gasteiger partial charge in [0.25, 0.3) is 11.8 Å². The molecule has 0 saturated heterocycles. The van der Waals surface area contributed by atoms with Gasteiger partial charge in [-0.3, -0.25) is 9.59 Å². The maximum atomic E-state index is 12.9. The lowest BCUT2D eigenvalue weighted by Crippen LogP contribution is -2.19. The largest absolute Gasteiger partial charge is 0.323 e. The maximum absolute atomic E-state index is 12.9. The molecular weight excluding hydrogens is 440 g/mol. The van der Waals surface area contributed by atoms with E-state index in [0.29, 0.717) is 33.9 Å². The summed E-state index contributed by atoms with van der Waals surface area (Å²) in [5.41, 5.74) is 4.02. The average molecular weight is 465 g/mol. The number of benzene rings is 4. The SMILES string of the molecule is Cc1ccc(C(=O)Nc2cccc(NC(=O)Nc3ccccc3)c2)cc1NC(=O)c1ccccc1. The van der Waals surface area contributed by atoms with Gasteiger partial charge in [0.1, 0.15) is 0 Å². The Kier molecular flexibility index (Phi) is 7.18. The molecule has 0 aromatic heterocycles. The predicted octanol–water partition coefficient (Wildman–Crippen LogP) is 6.14. The number of hydrogen-bond donors (Lipinski definition) is 4. The third-order valence-corrected chi connectivity index (χ3v) is 5.19. The maximum Gasteiger partial charge on any atom is 0.323 e. The van der Waals surface area contributed by atoms with Gasteiger partial charge in [0.2, 0.25) is 0 Å². The Morgan fingerprint density at radius 2 is 1.09 bits per heavy atom. The third-order valence-electron chi connectivity index (χ3n) is 5.19. The minimum Gasteiger partial charge on any atom is -0.322 e. The number of rotatable bonds is 6. The zero-order chi connectivity index (χ0) is 24.6. The van der Waals surface area contributed by atoms with Crippen molar-refractivity contribution in [3.63, 3.8) is 0 Å². The first-order valence-electron chi connectivity index (χ1n) is 11.0. The molecule has 0 heterocycles. The van der Waals surface area contributed by atoms with Gasteiger partial charge in [0, 0.05) is 33.9 Å². The molecule has 0 aliphatic carbocycles. The summed E-state index contributed by atoms with van der Waals surface area (Å²) in [4.78, 5) is 37.7. The highest BCUT2D eigenvalue weighted by atomic mass is 16.2. The molecule has 0 unspecified atom stereocenters. The number of nitrogens with one attached hydrogen (secondary N) is 4. The Morgan fingerprint density at radius 3 is 1.80 bits per heavy atom. The molecule has 4 N–H and O–H groups in total. The smallest absolute Gasteiger partial charge is 0.322 e. The Balaban J connectivity index is 1.42.